The third-order valence-electron chi connectivity index (χ3n) is 6.77. The Hall–Kier alpha value is -2.63. The predicted molar refractivity (Wildman–Crippen MR) is 121 cm³/mol. The number of anilines is 1. The van der Waals surface area contributed by atoms with Gasteiger partial charge in [0.25, 0.3) is 5.91 Å². The van der Waals surface area contributed by atoms with Crippen LogP contribution >= 0.6 is 0 Å². The lowest BCUT2D eigenvalue weighted by atomic mass is 9.99. The molecule has 3 aliphatic rings. The van der Waals surface area contributed by atoms with Crippen LogP contribution in [0, 0.1) is 11.8 Å². The van der Waals surface area contributed by atoms with Crippen LogP contribution in [0.3, 0.4) is 0 Å². The zero-order chi connectivity index (χ0) is 21.2. The molecular formula is C26H30N2O3. The number of likely N-dealkylation sites (tertiary alicyclic amines) is 1. The Labute approximate surface area is 184 Å². The van der Waals surface area contributed by atoms with Gasteiger partial charge in [-0.1, -0.05) is 24.3 Å². The summed E-state index contributed by atoms with van der Waals surface area (Å²) in [5.41, 5.74) is 2.47. The number of rotatable bonds is 7. The molecule has 2 aromatic carbocycles. The van der Waals surface area contributed by atoms with Crippen molar-refractivity contribution in [2.75, 3.05) is 25.5 Å². The van der Waals surface area contributed by atoms with E-state index in [0.717, 1.165) is 42.3 Å². The largest absolute Gasteiger partial charge is 0.490 e. The molecule has 5 heteroatoms. The van der Waals surface area contributed by atoms with Crippen LogP contribution in [0.5, 0.6) is 5.75 Å². The first-order valence-electron chi connectivity index (χ1n) is 11.3. The van der Waals surface area contributed by atoms with Gasteiger partial charge < -0.3 is 19.7 Å². The average Bonchev–Trinajstić information content (AvgIpc) is 3.28. The molecule has 3 unspecified atom stereocenters. The lowest BCUT2D eigenvalue weighted by molar-refractivity contribution is 0.0638. The van der Waals surface area contributed by atoms with Crippen molar-refractivity contribution in [3.8, 4) is 5.75 Å². The number of benzene rings is 2. The molecule has 0 aromatic heterocycles. The van der Waals surface area contributed by atoms with Crippen molar-refractivity contribution < 1.29 is 14.3 Å². The number of hydrogen-bond donors (Lipinski definition) is 1. The number of carbonyl (C=O) groups excluding carboxylic acids is 1. The minimum atomic E-state index is -0.115. The Kier molecular flexibility index (Phi) is 5.79. The number of amides is 1. The highest BCUT2D eigenvalue weighted by Crippen LogP contribution is 2.39. The van der Waals surface area contributed by atoms with E-state index in [1.165, 1.54) is 13.0 Å². The van der Waals surface area contributed by atoms with Crippen molar-refractivity contribution >= 4 is 11.6 Å². The molecule has 31 heavy (non-hydrogen) atoms. The summed E-state index contributed by atoms with van der Waals surface area (Å²) in [6, 6.07) is 15.3. The number of fused-ring (bicyclic) bond motifs is 1. The number of ether oxygens (including phenoxy) is 2. The van der Waals surface area contributed by atoms with Gasteiger partial charge in [0.2, 0.25) is 0 Å². The molecule has 1 heterocycles. The second kappa shape index (κ2) is 8.85. The maximum atomic E-state index is 12.6. The fourth-order valence-electron chi connectivity index (χ4n) is 4.91. The molecule has 0 radical (unpaired) electrons. The predicted octanol–water partition coefficient (Wildman–Crippen LogP) is 4.50. The van der Waals surface area contributed by atoms with Crippen molar-refractivity contribution in [1.82, 2.24) is 4.90 Å². The fraction of sp³-hybridized carbons (Fsp3) is 0.423. The van der Waals surface area contributed by atoms with Gasteiger partial charge in [0.05, 0.1) is 12.7 Å². The van der Waals surface area contributed by atoms with E-state index in [-0.39, 0.29) is 12.0 Å². The summed E-state index contributed by atoms with van der Waals surface area (Å²) in [6.07, 6.45) is 8.10. The molecule has 1 aliphatic heterocycles. The van der Waals surface area contributed by atoms with Crippen molar-refractivity contribution in [3.05, 3.63) is 71.8 Å². The van der Waals surface area contributed by atoms with E-state index in [9.17, 15) is 4.79 Å². The van der Waals surface area contributed by atoms with Crippen LogP contribution in [0.15, 0.2) is 60.7 Å². The molecule has 2 aliphatic carbocycles. The van der Waals surface area contributed by atoms with E-state index in [2.05, 4.69) is 29.4 Å². The molecule has 1 saturated carbocycles. The average molecular weight is 419 g/mol. The molecule has 2 fully saturated rings. The van der Waals surface area contributed by atoms with Crippen LogP contribution in [0.25, 0.3) is 0 Å². The van der Waals surface area contributed by atoms with Gasteiger partial charge in [-0.2, -0.15) is 0 Å². The number of nitrogens with one attached hydrogen (secondary N) is 1. The molecule has 0 spiro atoms. The molecular weight excluding hydrogens is 388 g/mol. The lowest BCUT2D eigenvalue weighted by Crippen LogP contribution is -2.26. The summed E-state index contributed by atoms with van der Waals surface area (Å²) in [6.45, 7) is 2.89. The van der Waals surface area contributed by atoms with Crippen LogP contribution in [-0.2, 0) is 11.3 Å². The fourth-order valence-corrected chi connectivity index (χ4v) is 4.91. The summed E-state index contributed by atoms with van der Waals surface area (Å²) in [5.74, 6) is 2.18. The van der Waals surface area contributed by atoms with Gasteiger partial charge in [-0.25, -0.2) is 0 Å². The minimum Gasteiger partial charge on any atom is -0.490 e. The standard InChI is InChI=1S/C26H30N2O3/c1-28-15-20-9-14-25(24(20)16-28)31-23-12-10-21(11-13-23)27-26(29)19-7-5-18(6-8-19)17-30-22-3-2-4-22/h2-3,5-8,10-13,20,22,24-25H,4,9,14-17H2,1H3,(H,27,29)/t20?,22?,24-,25?/m0/s1. The highest BCUT2D eigenvalue weighted by molar-refractivity contribution is 6.04. The Morgan fingerprint density at radius 2 is 1.84 bits per heavy atom. The van der Waals surface area contributed by atoms with Crippen LogP contribution in [0.4, 0.5) is 5.69 Å². The summed E-state index contributed by atoms with van der Waals surface area (Å²) in [7, 11) is 2.20. The SMILES string of the molecule is CN1CC2CCC(Oc3ccc(NC(=O)c4ccc(COC5C=CC5)cc4)cc3)[C@H]2C1. The van der Waals surface area contributed by atoms with Crippen LogP contribution in [0.1, 0.15) is 35.2 Å². The Bertz CT molecular complexity index is 938. The van der Waals surface area contributed by atoms with E-state index in [1.807, 2.05) is 48.5 Å². The number of hydrogen-bond acceptors (Lipinski definition) is 4. The van der Waals surface area contributed by atoms with E-state index in [0.29, 0.717) is 24.2 Å². The maximum absolute atomic E-state index is 12.6. The quantitative estimate of drug-likeness (QED) is 0.673. The van der Waals surface area contributed by atoms with E-state index >= 15 is 0 Å². The zero-order valence-corrected chi connectivity index (χ0v) is 18.0. The molecule has 5 nitrogen and oxygen atoms in total. The van der Waals surface area contributed by atoms with Gasteiger partial charge in [0.1, 0.15) is 11.9 Å². The van der Waals surface area contributed by atoms with Crippen LogP contribution < -0.4 is 10.1 Å². The van der Waals surface area contributed by atoms with Gasteiger partial charge in [0, 0.05) is 30.3 Å². The van der Waals surface area contributed by atoms with E-state index in [4.69, 9.17) is 9.47 Å². The second-order valence-corrected chi connectivity index (χ2v) is 9.07. The summed E-state index contributed by atoms with van der Waals surface area (Å²) < 4.78 is 12.0. The normalized spacial score (nSPS) is 27.0. The topological polar surface area (TPSA) is 50.8 Å². The Balaban J connectivity index is 1.13. The summed E-state index contributed by atoms with van der Waals surface area (Å²) in [5, 5.41) is 2.97. The molecule has 2 aromatic rings. The Morgan fingerprint density at radius 3 is 2.55 bits per heavy atom. The molecule has 1 N–H and O–H groups in total. The smallest absolute Gasteiger partial charge is 0.255 e. The monoisotopic (exact) mass is 418 g/mol. The van der Waals surface area contributed by atoms with Crippen LogP contribution in [-0.4, -0.2) is 43.2 Å². The third-order valence-corrected chi connectivity index (χ3v) is 6.77. The number of carbonyl (C=O) groups is 1. The molecule has 1 saturated heterocycles. The Morgan fingerprint density at radius 1 is 1.06 bits per heavy atom. The second-order valence-electron chi connectivity index (χ2n) is 9.07. The molecule has 0 bridgehead atoms. The van der Waals surface area contributed by atoms with Gasteiger partial charge in [-0.3, -0.25) is 4.79 Å². The van der Waals surface area contributed by atoms with E-state index < -0.39 is 0 Å². The molecule has 5 rings (SSSR count). The van der Waals surface area contributed by atoms with Gasteiger partial charge in [0.15, 0.2) is 0 Å². The van der Waals surface area contributed by atoms with Crippen molar-refractivity contribution in [1.29, 1.82) is 0 Å². The first-order valence-corrected chi connectivity index (χ1v) is 11.3. The first kappa shape index (κ1) is 20.3. The van der Waals surface area contributed by atoms with Crippen molar-refractivity contribution in [3.63, 3.8) is 0 Å². The summed E-state index contributed by atoms with van der Waals surface area (Å²) in [4.78, 5) is 15.0. The lowest BCUT2D eigenvalue weighted by Gasteiger charge is -2.21. The number of nitrogens with zero attached hydrogens (tertiary/aromatic N) is 1. The van der Waals surface area contributed by atoms with Crippen molar-refractivity contribution in [2.45, 2.75) is 38.1 Å². The van der Waals surface area contributed by atoms with Gasteiger partial charge in [-0.05, 0) is 74.2 Å². The van der Waals surface area contributed by atoms with Gasteiger partial charge in [-0.15, -0.1) is 0 Å². The highest BCUT2D eigenvalue weighted by atomic mass is 16.5. The minimum absolute atomic E-state index is 0.115. The van der Waals surface area contributed by atoms with E-state index in [1.54, 1.807) is 0 Å². The summed E-state index contributed by atoms with van der Waals surface area (Å²) >= 11 is 0. The molecule has 4 atom stereocenters. The van der Waals surface area contributed by atoms with Crippen molar-refractivity contribution in [2.24, 2.45) is 11.8 Å². The molecule has 162 valence electrons. The van der Waals surface area contributed by atoms with Crippen LogP contribution in [0.2, 0.25) is 0 Å². The third kappa shape index (κ3) is 4.68. The molecule has 1 amide bonds. The highest BCUT2D eigenvalue weighted by Gasteiger charge is 2.42. The maximum Gasteiger partial charge on any atom is 0.255 e. The first-order chi connectivity index (χ1) is 15.1. The van der Waals surface area contributed by atoms with Gasteiger partial charge >= 0.3 is 0 Å². The zero-order valence-electron chi connectivity index (χ0n) is 18.0.